The van der Waals surface area contributed by atoms with Gasteiger partial charge >= 0.3 is 0 Å². The molecule has 0 spiro atoms. The van der Waals surface area contributed by atoms with Crippen molar-refractivity contribution in [3.63, 3.8) is 0 Å². The van der Waals surface area contributed by atoms with E-state index in [4.69, 9.17) is 0 Å². The average molecular weight is 263 g/mol. The van der Waals surface area contributed by atoms with E-state index in [9.17, 15) is 14.3 Å². The Morgan fingerprint density at radius 2 is 2.26 bits per heavy atom. The summed E-state index contributed by atoms with van der Waals surface area (Å²) in [6.07, 6.45) is -0.749. The number of aromatic nitrogens is 2. The van der Waals surface area contributed by atoms with Gasteiger partial charge in [0, 0.05) is 6.42 Å². The summed E-state index contributed by atoms with van der Waals surface area (Å²) in [5.41, 5.74) is 0.319. The lowest BCUT2D eigenvalue weighted by Gasteiger charge is -2.23. The second-order valence-corrected chi connectivity index (χ2v) is 4.73. The highest BCUT2D eigenvalue weighted by Crippen LogP contribution is 2.24. The van der Waals surface area contributed by atoms with Gasteiger partial charge in [-0.1, -0.05) is 12.1 Å². The molecule has 5 nitrogen and oxygen atoms in total. The summed E-state index contributed by atoms with van der Waals surface area (Å²) in [6.45, 7) is -0.0105. The van der Waals surface area contributed by atoms with Crippen molar-refractivity contribution in [2.24, 2.45) is 0 Å². The van der Waals surface area contributed by atoms with Crippen LogP contribution in [0.2, 0.25) is 0 Å². The summed E-state index contributed by atoms with van der Waals surface area (Å²) >= 11 is 0. The predicted molar refractivity (Wildman–Crippen MR) is 70.1 cm³/mol. The van der Waals surface area contributed by atoms with Crippen molar-refractivity contribution >= 4 is 16.9 Å². The summed E-state index contributed by atoms with van der Waals surface area (Å²) in [5.74, 6) is 0.322. The number of aromatic amines is 1. The molecule has 0 radical (unpaired) electrons. The zero-order chi connectivity index (χ0) is 13.4. The van der Waals surface area contributed by atoms with Gasteiger partial charge in [-0.05, 0) is 12.1 Å². The number of fused-ring (bicyclic) bond motifs is 1. The van der Waals surface area contributed by atoms with Crippen LogP contribution in [-0.2, 0) is 0 Å². The molecule has 0 bridgehead atoms. The Morgan fingerprint density at radius 1 is 1.47 bits per heavy atom. The number of benzene rings is 1. The van der Waals surface area contributed by atoms with Crippen LogP contribution in [0.5, 0.6) is 0 Å². The highest BCUT2D eigenvalue weighted by molar-refractivity contribution is 5.78. The highest BCUT2D eigenvalue weighted by atomic mass is 19.1. The topological polar surface area (TPSA) is 69.2 Å². The summed E-state index contributed by atoms with van der Waals surface area (Å²) < 4.78 is 13.4. The average Bonchev–Trinajstić information content (AvgIpc) is 2.80. The first-order valence-corrected chi connectivity index (χ1v) is 6.19. The lowest BCUT2D eigenvalue weighted by atomic mass is 10.2. The predicted octanol–water partition coefficient (Wildman–Crippen LogP) is 0.832. The normalized spacial score (nSPS) is 23.2. The SMILES string of the molecule is O=c1[nH]c(N2C[C@@H](F)C[C@H]2CO)nc2ccccc12. The standard InChI is InChI=1S/C13H14FN3O2/c14-8-5-9(7-18)17(6-8)13-15-11-4-2-1-3-10(11)12(19)16-13/h1-4,8-9,18H,5-7H2,(H,15,16,19)/t8-,9-/m0/s1. The number of anilines is 1. The first kappa shape index (κ1) is 12.1. The van der Waals surface area contributed by atoms with E-state index in [2.05, 4.69) is 9.97 Å². The zero-order valence-corrected chi connectivity index (χ0v) is 10.2. The van der Waals surface area contributed by atoms with Crippen LogP contribution < -0.4 is 10.5 Å². The number of rotatable bonds is 2. The van der Waals surface area contributed by atoms with Crippen molar-refractivity contribution in [2.75, 3.05) is 18.1 Å². The maximum atomic E-state index is 13.4. The van der Waals surface area contributed by atoms with Crippen LogP contribution >= 0.6 is 0 Å². The maximum Gasteiger partial charge on any atom is 0.260 e. The van der Waals surface area contributed by atoms with Crippen molar-refractivity contribution in [2.45, 2.75) is 18.6 Å². The second kappa shape index (κ2) is 4.62. The van der Waals surface area contributed by atoms with Crippen LogP contribution in [0.25, 0.3) is 10.9 Å². The summed E-state index contributed by atoms with van der Waals surface area (Å²) in [6, 6.07) is 6.66. The summed E-state index contributed by atoms with van der Waals surface area (Å²) in [7, 11) is 0. The number of nitrogens with zero attached hydrogens (tertiary/aromatic N) is 2. The Kier molecular flexibility index (Phi) is 2.94. The molecule has 1 fully saturated rings. The molecule has 0 saturated carbocycles. The summed E-state index contributed by atoms with van der Waals surface area (Å²) in [5, 5.41) is 9.77. The number of halogens is 1. The number of alkyl halides is 1. The van der Waals surface area contributed by atoms with Crippen molar-refractivity contribution in [1.29, 1.82) is 0 Å². The van der Waals surface area contributed by atoms with Crippen molar-refractivity contribution in [1.82, 2.24) is 9.97 Å². The number of nitrogens with one attached hydrogen (secondary N) is 1. The molecule has 0 amide bonds. The molecule has 1 saturated heterocycles. The Labute approximate surface area is 108 Å². The van der Waals surface area contributed by atoms with Crippen molar-refractivity contribution in [3.8, 4) is 0 Å². The molecule has 1 aromatic heterocycles. The smallest absolute Gasteiger partial charge is 0.260 e. The van der Waals surface area contributed by atoms with Gasteiger partial charge in [0.2, 0.25) is 5.95 Å². The minimum absolute atomic E-state index is 0.145. The molecular formula is C13H14FN3O2. The minimum atomic E-state index is -1.01. The van der Waals surface area contributed by atoms with Crippen LogP contribution in [0, 0.1) is 0 Å². The molecule has 1 aromatic carbocycles. The number of para-hydroxylation sites is 1. The molecule has 2 N–H and O–H groups in total. The van der Waals surface area contributed by atoms with E-state index in [-0.39, 0.29) is 31.2 Å². The number of aliphatic hydroxyl groups is 1. The van der Waals surface area contributed by atoms with Crippen LogP contribution in [0.1, 0.15) is 6.42 Å². The van der Waals surface area contributed by atoms with Crippen LogP contribution in [0.3, 0.4) is 0 Å². The van der Waals surface area contributed by atoms with Gasteiger partial charge in [-0.25, -0.2) is 9.37 Å². The zero-order valence-electron chi connectivity index (χ0n) is 10.2. The van der Waals surface area contributed by atoms with E-state index in [0.29, 0.717) is 16.9 Å². The highest BCUT2D eigenvalue weighted by Gasteiger charge is 2.33. The van der Waals surface area contributed by atoms with E-state index in [1.54, 1.807) is 29.2 Å². The van der Waals surface area contributed by atoms with Crippen molar-refractivity contribution < 1.29 is 9.50 Å². The molecule has 2 aromatic rings. The van der Waals surface area contributed by atoms with Crippen LogP contribution in [-0.4, -0.2) is 40.4 Å². The molecular weight excluding hydrogens is 249 g/mol. The van der Waals surface area contributed by atoms with Gasteiger partial charge in [0.1, 0.15) is 6.17 Å². The van der Waals surface area contributed by atoms with Crippen molar-refractivity contribution in [3.05, 3.63) is 34.6 Å². The third kappa shape index (κ3) is 2.08. The van der Waals surface area contributed by atoms with E-state index < -0.39 is 6.17 Å². The Bertz CT molecular complexity index is 658. The molecule has 1 aliphatic rings. The van der Waals surface area contributed by atoms with Crippen LogP contribution in [0.15, 0.2) is 29.1 Å². The number of H-pyrrole nitrogens is 1. The Balaban J connectivity index is 2.08. The van der Waals surface area contributed by atoms with Gasteiger partial charge in [-0.2, -0.15) is 0 Å². The van der Waals surface area contributed by atoms with Gasteiger partial charge in [0.25, 0.3) is 5.56 Å². The third-order valence-corrected chi connectivity index (χ3v) is 3.45. The molecule has 1 aliphatic heterocycles. The molecule has 2 heterocycles. The fourth-order valence-electron chi connectivity index (χ4n) is 2.50. The molecule has 6 heteroatoms. The number of hydrogen-bond donors (Lipinski definition) is 2. The van der Waals surface area contributed by atoms with E-state index in [1.807, 2.05) is 0 Å². The van der Waals surface area contributed by atoms with Gasteiger partial charge < -0.3 is 10.0 Å². The third-order valence-electron chi connectivity index (χ3n) is 3.45. The fourth-order valence-corrected chi connectivity index (χ4v) is 2.50. The van der Waals surface area contributed by atoms with E-state index >= 15 is 0 Å². The quantitative estimate of drug-likeness (QED) is 0.842. The second-order valence-electron chi connectivity index (χ2n) is 4.73. The Morgan fingerprint density at radius 3 is 3.05 bits per heavy atom. The fraction of sp³-hybridized carbons (Fsp3) is 0.385. The number of hydrogen-bond acceptors (Lipinski definition) is 4. The first-order chi connectivity index (χ1) is 9.19. The largest absolute Gasteiger partial charge is 0.394 e. The summed E-state index contributed by atoms with van der Waals surface area (Å²) in [4.78, 5) is 20.6. The molecule has 0 aliphatic carbocycles. The molecule has 19 heavy (non-hydrogen) atoms. The molecule has 3 rings (SSSR count). The molecule has 0 unspecified atom stereocenters. The van der Waals surface area contributed by atoms with Gasteiger partial charge in [-0.15, -0.1) is 0 Å². The van der Waals surface area contributed by atoms with Gasteiger partial charge in [-0.3, -0.25) is 9.78 Å². The van der Waals surface area contributed by atoms with E-state index in [0.717, 1.165) is 0 Å². The first-order valence-electron chi connectivity index (χ1n) is 6.19. The van der Waals surface area contributed by atoms with Crippen LogP contribution in [0.4, 0.5) is 10.3 Å². The van der Waals surface area contributed by atoms with Gasteiger partial charge in [0.05, 0.1) is 30.1 Å². The molecule has 2 atom stereocenters. The number of aliphatic hydroxyl groups excluding tert-OH is 1. The lowest BCUT2D eigenvalue weighted by molar-refractivity contribution is 0.255. The lowest BCUT2D eigenvalue weighted by Crippen LogP contribution is -2.35. The Hall–Kier alpha value is -1.95. The maximum absolute atomic E-state index is 13.4. The monoisotopic (exact) mass is 263 g/mol. The van der Waals surface area contributed by atoms with Gasteiger partial charge in [0.15, 0.2) is 0 Å². The minimum Gasteiger partial charge on any atom is -0.394 e. The van der Waals surface area contributed by atoms with E-state index in [1.165, 1.54) is 0 Å². The molecule has 100 valence electrons.